The third-order valence-electron chi connectivity index (χ3n) is 2.85. The third-order valence-corrected chi connectivity index (χ3v) is 2.85. The van der Waals surface area contributed by atoms with E-state index in [2.05, 4.69) is 5.73 Å². The maximum Gasteiger partial charge on any atom is 0.357 e. The van der Waals surface area contributed by atoms with Crippen molar-refractivity contribution in [1.29, 1.82) is 0 Å². The number of hydrogen-bond donors (Lipinski definition) is 2. The number of rotatable bonds is 5. The fourth-order valence-corrected chi connectivity index (χ4v) is 1.80. The molecule has 10 heteroatoms. The number of carbonyl (C=O) groups is 2. The Morgan fingerprint density at radius 3 is 1.96 bits per heavy atom. The summed E-state index contributed by atoms with van der Waals surface area (Å²) in [6.07, 6.45) is 0. The van der Waals surface area contributed by atoms with Gasteiger partial charge in [-0.25, -0.2) is 0 Å². The molecular weight excluding hydrogens is 334 g/mol. The van der Waals surface area contributed by atoms with Gasteiger partial charge in [-0.2, -0.15) is 0 Å². The molecule has 0 aliphatic rings. The molecule has 0 bridgehead atoms. The van der Waals surface area contributed by atoms with Crippen LogP contribution >= 0.6 is 0 Å². The lowest BCUT2D eigenvalue weighted by molar-refractivity contribution is -0.422. The van der Waals surface area contributed by atoms with Crippen molar-refractivity contribution in [3.8, 4) is 0 Å². The van der Waals surface area contributed by atoms with E-state index in [-0.39, 0.29) is 17.7 Å². The number of hydrogen-bond acceptors (Lipinski definition) is 7. The van der Waals surface area contributed by atoms with Crippen molar-refractivity contribution in [2.75, 3.05) is 6.54 Å². The van der Waals surface area contributed by atoms with Gasteiger partial charge in [0.2, 0.25) is 0 Å². The first kappa shape index (κ1) is 19.4. The molecule has 10 nitrogen and oxygen atoms in total. The minimum absolute atomic E-state index is 0.232. The summed E-state index contributed by atoms with van der Waals surface area (Å²) < 4.78 is 0. The van der Waals surface area contributed by atoms with Crippen molar-refractivity contribution >= 4 is 23.1 Å². The molecule has 0 amide bonds. The predicted octanol–water partition coefficient (Wildman–Crippen LogP) is 1.76. The van der Waals surface area contributed by atoms with Gasteiger partial charge in [-0.1, -0.05) is 36.4 Å². The van der Waals surface area contributed by atoms with Crippen LogP contribution < -0.4 is 5.73 Å². The standard InChI is InChI=1S/C13H8N2O5.C2H5NO2/c16-13(9-5-2-1-3-6-9)10-7-4-8-11(14(17)18)12(10)15(19)20;3-1-2(4)5/h1-8H;1,3H2,(H,4,5). The number of nitrogens with two attached hydrogens (primary N) is 1. The van der Waals surface area contributed by atoms with Gasteiger partial charge in [0.15, 0.2) is 5.78 Å². The Morgan fingerprint density at radius 1 is 0.960 bits per heavy atom. The van der Waals surface area contributed by atoms with Crippen LogP contribution in [0.3, 0.4) is 0 Å². The number of nitro groups is 2. The van der Waals surface area contributed by atoms with Crippen LogP contribution in [0.5, 0.6) is 0 Å². The highest BCUT2D eigenvalue weighted by atomic mass is 16.6. The number of carboxylic acid groups (broad SMARTS) is 1. The van der Waals surface area contributed by atoms with Crippen molar-refractivity contribution in [2.24, 2.45) is 5.73 Å². The summed E-state index contributed by atoms with van der Waals surface area (Å²) in [5, 5.41) is 29.5. The summed E-state index contributed by atoms with van der Waals surface area (Å²) in [7, 11) is 0. The van der Waals surface area contributed by atoms with E-state index >= 15 is 0 Å². The highest BCUT2D eigenvalue weighted by Gasteiger charge is 2.31. The number of nitro benzene ring substituents is 2. The molecule has 0 spiro atoms. The first-order valence-electron chi connectivity index (χ1n) is 6.73. The van der Waals surface area contributed by atoms with Crippen molar-refractivity contribution in [3.63, 3.8) is 0 Å². The van der Waals surface area contributed by atoms with Gasteiger partial charge in [-0.05, 0) is 6.07 Å². The van der Waals surface area contributed by atoms with Crippen LogP contribution in [0, 0.1) is 20.2 Å². The van der Waals surface area contributed by atoms with Gasteiger partial charge >= 0.3 is 17.3 Å². The molecule has 25 heavy (non-hydrogen) atoms. The predicted molar refractivity (Wildman–Crippen MR) is 86.3 cm³/mol. The molecule has 0 aliphatic carbocycles. The number of nitrogens with zero attached hydrogens (tertiary/aromatic N) is 2. The Hall–Kier alpha value is -3.66. The fraction of sp³-hybridized carbons (Fsp3) is 0.0667. The van der Waals surface area contributed by atoms with Gasteiger partial charge in [-0.3, -0.25) is 29.8 Å². The molecular formula is C15H13N3O7. The molecule has 2 aromatic carbocycles. The van der Waals surface area contributed by atoms with Gasteiger partial charge in [0, 0.05) is 11.6 Å². The maximum absolute atomic E-state index is 12.2. The molecule has 130 valence electrons. The first-order chi connectivity index (χ1) is 11.8. The van der Waals surface area contributed by atoms with Crippen LogP contribution in [0.4, 0.5) is 11.4 Å². The third kappa shape index (κ3) is 5.18. The smallest absolute Gasteiger partial charge is 0.357 e. The Morgan fingerprint density at radius 2 is 1.52 bits per heavy atom. The van der Waals surface area contributed by atoms with E-state index < -0.39 is 33.0 Å². The highest BCUT2D eigenvalue weighted by Crippen LogP contribution is 2.31. The lowest BCUT2D eigenvalue weighted by Gasteiger charge is -2.02. The fourth-order valence-electron chi connectivity index (χ4n) is 1.80. The zero-order valence-electron chi connectivity index (χ0n) is 12.7. The summed E-state index contributed by atoms with van der Waals surface area (Å²) in [5.74, 6) is -1.59. The van der Waals surface area contributed by atoms with E-state index in [9.17, 15) is 29.8 Å². The van der Waals surface area contributed by atoms with Crippen LogP contribution in [0.25, 0.3) is 0 Å². The first-order valence-corrected chi connectivity index (χ1v) is 6.73. The second-order valence-electron chi connectivity index (χ2n) is 4.48. The number of ketones is 1. The normalized spacial score (nSPS) is 9.48. The Labute approximate surface area is 140 Å². The number of carbonyl (C=O) groups excluding carboxylic acids is 1. The topological polar surface area (TPSA) is 167 Å². The molecule has 2 aromatic rings. The van der Waals surface area contributed by atoms with Crippen molar-refractivity contribution in [2.45, 2.75) is 0 Å². The van der Waals surface area contributed by atoms with Crippen LogP contribution in [0.2, 0.25) is 0 Å². The lowest BCUT2D eigenvalue weighted by Crippen LogP contribution is -2.10. The Balaban J connectivity index is 0.000000550. The van der Waals surface area contributed by atoms with Crippen molar-refractivity contribution in [3.05, 3.63) is 79.9 Å². The summed E-state index contributed by atoms with van der Waals surface area (Å²) >= 11 is 0. The number of benzene rings is 2. The van der Waals surface area contributed by atoms with Crippen molar-refractivity contribution < 1.29 is 24.5 Å². The average molecular weight is 347 g/mol. The monoisotopic (exact) mass is 347 g/mol. The molecule has 0 aromatic heterocycles. The van der Waals surface area contributed by atoms with Crippen LogP contribution in [-0.4, -0.2) is 33.3 Å². The van der Waals surface area contributed by atoms with Gasteiger partial charge in [0.1, 0.15) is 5.56 Å². The molecule has 2 rings (SSSR count). The lowest BCUT2D eigenvalue weighted by atomic mass is 10.0. The summed E-state index contributed by atoms with van der Waals surface area (Å²) in [6.45, 7) is -0.278. The molecule has 0 atom stereocenters. The maximum atomic E-state index is 12.2. The zero-order valence-corrected chi connectivity index (χ0v) is 12.7. The molecule has 3 N–H and O–H groups in total. The average Bonchev–Trinajstić information content (AvgIpc) is 2.61. The molecule has 0 fully saturated rings. The molecule has 0 heterocycles. The second-order valence-corrected chi connectivity index (χ2v) is 4.48. The van der Waals surface area contributed by atoms with Gasteiger partial charge in [0.25, 0.3) is 0 Å². The van der Waals surface area contributed by atoms with Crippen LogP contribution in [0.1, 0.15) is 15.9 Å². The molecule has 0 saturated carbocycles. The highest BCUT2D eigenvalue weighted by molar-refractivity contribution is 6.12. The molecule has 0 unspecified atom stereocenters. The number of carboxylic acids is 1. The molecule has 0 saturated heterocycles. The Bertz CT molecular complexity index is 806. The summed E-state index contributed by atoms with van der Waals surface area (Å²) in [6, 6.07) is 11.4. The van der Waals surface area contributed by atoms with E-state index in [0.29, 0.717) is 0 Å². The Kier molecular flexibility index (Phi) is 6.85. The number of aliphatic carboxylic acids is 1. The van der Waals surface area contributed by atoms with Gasteiger partial charge in [-0.15, -0.1) is 0 Å². The van der Waals surface area contributed by atoms with E-state index in [1.54, 1.807) is 18.2 Å². The zero-order chi connectivity index (χ0) is 19.0. The molecule has 0 radical (unpaired) electrons. The van der Waals surface area contributed by atoms with Crippen LogP contribution in [-0.2, 0) is 4.79 Å². The minimum Gasteiger partial charge on any atom is -0.480 e. The van der Waals surface area contributed by atoms with E-state index in [1.165, 1.54) is 24.3 Å². The quantitative estimate of drug-likeness (QED) is 0.468. The minimum atomic E-state index is -0.968. The summed E-state index contributed by atoms with van der Waals surface area (Å²) in [4.78, 5) is 41.5. The van der Waals surface area contributed by atoms with Crippen LogP contribution in [0.15, 0.2) is 48.5 Å². The number of para-hydroxylation sites is 1. The van der Waals surface area contributed by atoms with Gasteiger partial charge in [0.05, 0.1) is 16.4 Å². The SMILES string of the molecule is NCC(=O)O.O=C(c1ccccc1)c1cccc([N+](=O)[O-])c1[N+](=O)[O-]. The second kappa shape index (κ2) is 8.84. The van der Waals surface area contributed by atoms with E-state index in [4.69, 9.17) is 5.11 Å². The summed E-state index contributed by atoms with van der Waals surface area (Å²) in [5.41, 5.74) is 3.03. The largest absolute Gasteiger partial charge is 0.480 e. The van der Waals surface area contributed by atoms with E-state index in [1.807, 2.05) is 0 Å². The molecule has 0 aliphatic heterocycles. The van der Waals surface area contributed by atoms with Crippen molar-refractivity contribution in [1.82, 2.24) is 0 Å². The van der Waals surface area contributed by atoms with E-state index in [0.717, 1.165) is 6.07 Å². The van der Waals surface area contributed by atoms with Gasteiger partial charge < -0.3 is 10.8 Å².